The summed E-state index contributed by atoms with van der Waals surface area (Å²) in [5.41, 5.74) is 7.58. The smallest absolute Gasteiger partial charge is 0.0628 e. The third-order valence-electron chi connectivity index (χ3n) is 3.84. The largest absolute Gasteiger partial charge is 0.351 e. The molecule has 1 atom stereocenters. The molecule has 1 aliphatic rings. The summed E-state index contributed by atoms with van der Waals surface area (Å²) in [5, 5.41) is 8.84. The molecular weight excluding hydrogens is 210 g/mol. The van der Waals surface area contributed by atoms with Gasteiger partial charge in [0.25, 0.3) is 0 Å². The number of hydrogen-bond acceptors (Lipinski definition) is 2. The SMILES string of the molecule is CCC(N)Cc1cccn1CC1(CC#N)CC1. The van der Waals surface area contributed by atoms with E-state index in [2.05, 4.69) is 35.9 Å². The first-order chi connectivity index (χ1) is 8.19. The number of hydrogen-bond donors (Lipinski definition) is 1. The van der Waals surface area contributed by atoms with E-state index in [0.29, 0.717) is 6.42 Å². The first-order valence-electron chi connectivity index (χ1n) is 6.46. The Hall–Kier alpha value is -1.27. The van der Waals surface area contributed by atoms with Crippen molar-refractivity contribution in [2.45, 2.75) is 51.6 Å². The second kappa shape index (κ2) is 4.93. The van der Waals surface area contributed by atoms with Crippen LogP contribution in [0.2, 0.25) is 0 Å². The highest BCUT2D eigenvalue weighted by Gasteiger charge is 2.42. The van der Waals surface area contributed by atoms with Gasteiger partial charge >= 0.3 is 0 Å². The molecule has 3 nitrogen and oxygen atoms in total. The Kier molecular flexibility index (Phi) is 3.54. The molecule has 1 unspecified atom stereocenters. The number of nitrogens with two attached hydrogens (primary N) is 1. The number of nitriles is 1. The molecule has 92 valence electrons. The van der Waals surface area contributed by atoms with Crippen molar-refractivity contribution in [1.82, 2.24) is 4.57 Å². The molecule has 1 saturated carbocycles. The van der Waals surface area contributed by atoms with E-state index in [0.717, 1.165) is 19.4 Å². The van der Waals surface area contributed by atoms with Gasteiger partial charge in [0, 0.05) is 42.7 Å². The van der Waals surface area contributed by atoms with E-state index in [9.17, 15) is 0 Å². The van der Waals surface area contributed by atoms with Gasteiger partial charge in [0.2, 0.25) is 0 Å². The van der Waals surface area contributed by atoms with E-state index >= 15 is 0 Å². The topological polar surface area (TPSA) is 54.7 Å². The van der Waals surface area contributed by atoms with Crippen LogP contribution in [0.5, 0.6) is 0 Å². The van der Waals surface area contributed by atoms with Crippen LogP contribution in [0, 0.1) is 16.7 Å². The molecule has 0 aliphatic heterocycles. The fourth-order valence-corrected chi connectivity index (χ4v) is 2.30. The zero-order valence-electron chi connectivity index (χ0n) is 10.5. The van der Waals surface area contributed by atoms with Gasteiger partial charge in [-0.25, -0.2) is 0 Å². The van der Waals surface area contributed by atoms with Crippen LogP contribution in [0.1, 0.15) is 38.3 Å². The summed E-state index contributed by atoms with van der Waals surface area (Å²) in [6.45, 7) is 3.11. The van der Waals surface area contributed by atoms with Crippen LogP contribution in [0.25, 0.3) is 0 Å². The van der Waals surface area contributed by atoms with E-state index in [1.807, 2.05) is 0 Å². The molecule has 0 saturated heterocycles. The van der Waals surface area contributed by atoms with E-state index in [-0.39, 0.29) is 11.5 Å². The maximum atomic E-state index is 8.84. The van der Waals surface area contributed by atoms with Crippen molar-refractivity contribution >= 4 is 0 Å². The second-order valence-corrected chi connectivity index (χ2v) is 5.33. The van der Waals surface area contributed by atoms with Crippen molar-refractivity contribution < 1.29 is 0 Å². The minimum absolute atomic E-state index is 0.245. The Labute approximate surface area is 103 Å². The van der Waals surface area contributed by atoms with Crippen LogP contribution in [0.15, 0.2) is 18.3 Å². The average Bonchev–Trinajstić information content (AvgIpc) is 2.93. The molecule has 2 rings (SSSR count). The molecule has 0 amide bonds. The van der Waals surface area contributed by atoms with Crippen molar-refractivity contribution in [2.75, 3.05) is 0 Å². The Morgan fingerprint density at radius 2 is 2.35 bits per heavy atom. The minimum Gasteiger partial charge on any atom is -0.351 e. The van der Waals surface area contributed by atoms with Gasteiger partial charge < -0.3 is 10.3 Å². The summed E-state index contributed by atoms with van der Waals surface area (Å²) in [6.07, 6.45) is 7.14. The van der Waals surface area contributed by atoms with Crippen molar-refractivity contribution in [3.8, 4) is 6.07 Å². The first-order valence-corrected chi connectivity index (χ1v) is 6.46. The highest BCUT2D eigenvalue weighted by atomic mass is 15.0. The molecule has 1 aliphatic carbocycles. The lowest BCUT2D eigenvalue weighted by Gasteiger charge is -2.17. The average molecular weight is 231 g/mol. The Morgan fingerprint density at radius 3 is 2.94 bits per heavy atom. The number of rotatable bonds is 6. The van der Waals surface area contributed by atoms with E-state index in [4.69, 9.17) is 11.0 Å². The predicted octanol–water partition coefficient (Wildman–Crippen LogP) is 2.46. The van der Waals surface area contributed by atoms with Gasteiger partial charge in [-0.05, 0) is 31.4 Å². The fraction of sp³-hybridized carbons (Fsp3) is 0.643. The molecule has 3 heteroatoms. The quantitative estimate of drug-likeness (QED) is 0.817. The molecule has 0 aromatic carbocycles. The van der Waals surface area contributed by atoms with E-state index < -0.39 is 0 Å². The third-order valence-corrected chi connectivity index (χ3v) is 3.84. The maximum absolute atomic E-state index is 8.84. The molecule has 1 fully saturated rings. The molecule has 2 N–H and O–H groups in total. The monoisotopic (exact) mass is 231 g/mol. The molecule has 0 bridgehead atoms. The zero-order valence-corrected chi connectivity index (χ0v) is 10.5. The van der Waals surface area contributed by atoms with Crippen LogP contribution >= 0.6 is 0 Å². The van der Waals surface area contributed by atoms with Crippen molar-refractivity contribution in [3.05, 3.63) is 24.0 Å². The number of aromatic nitrogens is 1. The molecule has 1 aromatic heterocycles. The van der Waals surface area contributed by atoms with Crippen LogP contribution in [-0.4, -0.2) is 10.6 Å². The normalized spacial score (nSPS) is 18.6. The third kappa shape index (κ3) is 2.89. The summed E-state index contributed by atoms with van der Waals surface area (Å²) in [7, 11) is 0. The van der Waals surface area contributed by atoms with Crippen LogP contribution < -0.4 is 5.73 Å². The molecular formula is C14H21N3. The highest BCUT2D eigenvalue weighted by molar-refractivity contribution is 5.11. The zero-order chi connectivity index (χ0) is 12.3. The van der Waals surface area contributed by atoms with Crippen molar-refractivity contribution in [2.24, 2.45) is 11.1 Å². The van der Waals surface area contributed by atoms with Gasteiger partial charge in [0.15, 0.2) is 0 Å². The summed E-state index contributed by atoms with van der Waals surface area (Å²) in [5.74, 6) is 0. The first kappa shape index (κ1) is 12.2. The minimum atomic E-state index is 0.245. The lowest BCUT2D eigenvalue weighted by molar-refractivity contribution is 0.420. The Balaban J connectivity index is 2.02. The lowest BCUT2D eigenvalue weighted by atomic mass is 10.0. The molecule has 0 spiro atoms. The van der Waals surface area contributed by atoms with Gasteiger partial charge in [-0.15, -0.1) is 0 Å². The van der Waals surface area contributed by atoms with Crippen molar-refractivity contribution in [1.29, 1.82) is 5.26 Å². The maximum Gasteiger partial charge on any atom is 0.0628 e. The van der Waals surface area contributed by atoms with Crippen LogP contribution in [-0.2, 0) is 13.0 Å². The molecule has 0 radical (unpaired) electrons. The highest BCUT2D eigenvalue weighted by Crippen LogP contribution is 2.50. The molecule has 17 heavy (non-hydrogen) atoms. The Bertz CT molecular complexity index is 409. The molecule has 1 heterocycles. The number of nitrogens with zero attached hydrogens (tertiary/aromatic N) is 2. The second-order valence-electron chi connectivity index (χ2n) is 5.33. The van der Waals surface area contributed by atoms with Gasteiger partial charge in [0.1, 0.15) is 0 Å². The van der Waals surface area contributed by atoms with Gasteiger partial charge in [-0.1, -0.05) is 6.92 Å². The van der Waals surface area contributed by atoms with E-state index in [1.165, 1.54) is 18.5 Å². The standard InChI is InChI=1S/C14H21N3/c1-2-12(16)10-13-4-3-9-17(13)11-14(5-6-14)7-8-15/h3-4,9,12H,2,5-7,10-11,16H2,1H3. The summed E-state index contributed by atoms with van der Waals surface area (Å²) in [6, 6.07) is 6.80. The van der Waals surface area contributed by atoms with Gasteiger partial charge in [0.05, 0.1) is 6.07 Å². The van der Waals surface area contributed by atoms with Crippen LogP contribution in [0.4, 0.5) is 0 Å². The summed E-state index contributed by atoms with van der Waals surface area (Å²) >= 11 is 0. The van der Waals surface area contributed by atoms with Crippen molar-refractivity contribution in [3.63, 3.8) is 0 Å². The summed E-state index contributed by atoms with van der Waals surface area (Å²) in [4.78, 5) is 0. The van der Waals surface area contributed by atoms with Crippen LogP contribution in [0.3, 0.4) is 0 Å². The van der Waals surface area contributed by atoms with E-state index in [1.54, 1.807) is 0 Å². The lowest BCUT2D eigenvalue weighted by Crippen LogP contribution is -2.24. The fourth-order valence-electron chi connectivity index (χ4n) is 2.30. The van der Waals surface area contributed by atoms with Gasteiger partial charge in [-0.3, -0.25) is 0 Å². The predicted molar refractivity (Wildman–Crippen MR) is 68.3 cm³/mol. The molecule has 1 aromatic rings. The summed E-state index contributed by atoms with van der Waals surface area (Å²) < 4.78 is 2.29. The Morgan fingerprint density at radius 1 is 1.59 bits per heavy atom. The van der Waals surface area contributed by atoms with Gasteiger partial charge in [-0.2, -0.15) is 5.26 Å².